The third-order valence-corrected chi connectivity index (χ3v) is 3.49. The highest BCUT2D eigenvalue weighted by atomic mass is 16.6. The molecule has 2 amide bonds. The summed E-state index contributed by atoms with van der Waals surface area (Å²) < 4.78 is 1.34. The van der Waals surface area contributed by atoms with Crippen LogP contribution in [-0.2, 0) is 9.59 Å². The molecular weight excluding hydrogens is 304 g/mol. The molecule has 2 N–H and O–H groups in total. The number of benzene rings is 1. The molecule has 1 aliphatic rings. The van der Waals surface area contributed by atoms with Crippen molar-refractivity contribution >= 4 is 29.1 Å². The number of nitro groups is 1. The summed E-state index contributed by atoms with van der Waals surface area (Å²) in [4.78, 5) is 38.1. The zero-order valence-corrected chi connectivity index (χ0v) is 12.0. The number of hydrogen-bond donors (Lipinski definition) is 2. The van der Waals surface area contributed by atoms with E-state index < -0.39 is 16.9 Å². The molecule has 23 heavy (non-hydrogen) atoms. The Kier molecular flexibility index (Phi) is 3.48. The zero-order valence-electron chi connectivity index (χ0n) is 12.0. The molecule has 0 aliphatic carbocycles. The average Bonchev–Trinajstić information content (AvgIpc) is 3.04. The monoisotopic (exact) mass is 316 g/mol. The number of carbonyl (C=O) groups is 2. The Hall–Kier alpha value is -3.30. The Balaban J connectivity index is 1.74. The maximum Gasteiger partial charge on any atom is 0.271 e. The van der Waals surface area contributed by atoms with Crippen LogP contribution in [0.15, 0.2) is 24.5 Å². The number of non-ortho nitro benzene ring substituents is 1. The molecule has 0 unspecified atom stereocenters. The van der Waals surface area contributed by atoms with Crippen LogP contribution in [0.2, 0.25) is 0 Å². The number of aromatic nitrogens is 3. The summed E-state index contributed by atoms with van der Waals surface area (Å²) >= 11 is 0. The van der Waals surface area contributed by atoms with Gasteiger partial charge in [0.15, 0.2) is 0 Å². The topological polar surface area (TPSA) is 132 Å². The van der Waals surface area contributed by atoms with Crippen molar-refractivity contribution in [2.24, 2.45) is 0 Å². The minimum absolute atomic E-state index is 0.122. The van der Waals surface area contributed by atoms with Crippen LogP contribution in [0, 0.1) is 17.0 Å². The molecular formula is C13H12N6O4. The number of nitrogens with one attached hydrogen (secondary N) is 2. The zero-order chi connectivity index (χ0) is 16.6. The van der Waals surface area contributed by atoms with Gasteiger partial charge < -0.3 is 5.32 Å². The molecule has 3 rings (SSSR count). The highest BCUT2D eigenvalue weighted by Crippen LogP contribution is 2.26. The van der Waals surface area contributed by atoms with Crippen LogP contribution in [0.3, 0.4) is 0 Å². The summed E-state index contributed by atoms with van der Waals surface area (Å²) in [6, 6.07) is 3.40. The van der Waals surface area contributed by atoms with Gasteiger partial charge >= 0.3 is 0 Å². The molecule has 10 nitrogen and oxygen atoms in total. The first kappa shape index (κ1) is 14.6. The number of hydrogen-bond acceptors (Lipinski definition) is 6. The van der Waals surface area contributed by atoms with E-state index in [9.17, 15) is 19.7 Å². The first-order valence-electron chi connectivity index (χ1n) is 6.71. The van der Waals surface area contributed by atoms with Gasteiger partial charge in [0.2, 0.25) is 11.9 Å². The first-order chi connectivity index (χ1) is 11.0. The third kappa shape index (κ3) is 2.73. The van der Waals surface area contributed by atoms with Gasteiger partial charge in [0.25, 0.3) is 11.6 Å². The molecule has 0 radical (unpaired) electrons. The van der Waals surface area contributed by atoms with Gasteiger partial charge in [-0.25, -0.2) is 4.68 Å². The average molecular weight is 316 g/mol. The Morgan fingerprint density at radius 1 is 1.52 bits per heavy atom. The van der Waals surface area contributed by atoms with E-state index in [1.807, 2.05) is 0 Å². The summed E-state index contributed by atoms with van der Waals surface area (Å²) in [6.07, 6.45) is 1.13. The second kappa shape index (κ2) is 5.48. The molecule has 0 saturated carbocycles. The lowest BCUT2D eigenvalue weighted by atomic mass is 10.1. The number of nitro benzene ring substituents is 1. The minimum Gasteiger partial charge on any atom is -0.326 e. The molecule has 1 aliphatic heterocycles. The molecule has 0 fully saturated rings. The van der Waals surface area contributed by atoms with Gasteiger partial charge in [0, 0.05) is 12.1 Å². The standard InChI is InChI=1S/C13H12N6O4/c1-7-2-3-8(19(22)23)4-9(7)16-11(20)5-10-12(21)17-13-14-6-15-18(10)13/h2-4,6,10H,5H2,1H3,(H,16,20)(H,14,15,17,21)/t10-/m1/s1. The first-order valence-corrected chi connectivity index (χ1v) is 6.71. The lowest BCUT2D eigenvalue weighted by Crippen LogP contribution is -2.23. The van der Waals surface area contributed by atoms with Gasteiger partial charge in [-0.2, -0.15) is 10.1 Å². The van der Waals surface area contributed by atoms with E-state index in [4.69, 9.17) is 0 Å². The van der Waals surface area contributed by atoms with Crippen molar-refractivity contribution < 1.29 is 14.5 Å². The summed E-state index contributed by atoms with van der Waals surface area (Å²) in [7, 11) is 0. The van der Waals surface area contributed by atoms with E-state index in [1.54, 1.807) is 13.0 Å². The molecule has 1 atom stereocenters. The van der Waals surface area contributed by atoms with Crippen molar-refractivity contribution in [2.45, 2.75) is 19.4 Å². The summed E-state index contributed by atoms with van der Waals surface area (Å²) in [5.74, 6) is -0.525. The molecule has 1 aromatic carbocycles. The number of anilines is 2. The Morgan fingerprint density at radius 2 is 2.30 bits per heavy atom. The maximum atomic E-state index is 12.2. The van der Waals surface area contributed by atoms with Gasteiger partial charge in [-0.05, 0) is 12.5 Å². The predicted octanol–water partition coefficient (Wildman–Crippen LogP) is 1.02. The molecule has 0 saturated heterocycles. The molecule has 10 heteroatoms. The summed E-state index contributed by atoms with van der Waals surface area (Å²) in [5.41, 5.74) is 0.894. The number of amides is 2. The molecule has 118 valence electrons. The Morgan fingerprint density at radius 3 is 3.04 bits per heavy atom. The van der Waals surface area contributed by atoms with Gasteiger partial charge in [0.1, 0.15) is 12.4 Å². The Bertz CT molecular complexity index is 815. The van der Waals surface area contributed by atoms with Crippen LogP contribution < -0.4 is 10.6 Å². The summed E-state index contributed by atoms with van der Waals surface area (Å²) in [6.45, 7) is 1.72. The van der Waals surface area contributed by atoms with Crippen LogP contribution in [-0.4, -0.2) is 31.5 Å². The van der Waals surface area contributed by atoms with E-state index in [0.29, 0.717) is 17.2 Å². The van der Waals surface area contributed by atoms with E-state index in [2.05, 4.69) is 20.7 Å². The maximum absolute atomic E-state index is 12.2. The van der Waals surface area contributed by atoms with Crippen molar-refractivity contribution in [3.05, 3.63) is 40.2 Å². The predicted molar refractivity (Wildman–Crippen MR) is 78.8 cm³/mol. The van der Waals surface area contributed by atoms with Crippen molar-refractivity contribution in [3.8, 4) is 0 Å². The number of fused-ring (bicyclic) bond motifs is 1. The van der Waals surface area contributed by atoms with Gasteiger partial charge in [-0.1, -0.05) is 6.07 Å². The lowest BCUT2D eigenvalue weighted by Gasteiger charge is -2.11. The smallest absolute Gasteiger partial charge is 0.271 e. The lowest BCUT2D eigenvalue weighted by molar-refractivity contribution is -0.384. The molecule has 0 spiro atoms. The van der Waals surface area contributed by atoms with E-state index in [-0.39, 0.29) is 18.0 Å². The molecule has 2 aromatic rings. The fourth-order valence-electron chi connectivity index (χ4n) is 2.29. The largest absolute Gasteiger partial charge is 0.326 e. The van der Waals surface area contributed by atoms with Crippen molar-refractivity contribution in [2.75, 3.05) is 10.6 Å². The van der Waals surface area contributed by atoms with Gasteiger partial charge in [0.05, 0.1) is 17.0 Å². The highest BCUT2D eigenvalue weighted by molar-refractivity contribution is 6.01. The van der Waals surface area contributed by atoms with Crippen LogP contribution in [0.1, 0.15) is 18.0 Å². The number of rotatable bonds is 4. The van der Waals surface area contributed by atoms with Crippen LogP contribution >= 0.6 is 0 Å². The molecule has 2 heterocycles. The van der Waals surface area contributed by atoms with Gasteiger partial charge in [-0.3, -0.25) is 25.0 Å². The van der Waals surface area contributed by atoms with Crippen LogP contribution in [0.4, 0.5) is 17.3 Å². The second-order valence-corrected chi connectivity index (χ2v) is 5.04. The molecule has 1 aromatic heterocycles. The van der Waals surface area contributed by atoms with E-state index >= 15 is 0 Å². The normalized spacial score (nSPS) is 15.9. The van der Waals surface area contributed by atoms with E-state index in [1.165, 1.54) is 23.1 Å². The SMILES string of the molecule is Cc1ccc([N+](=O)[O-])cc1NC(=O)C[C@@H]1C(=O)Nc2ncnn21. The van der Waals surface area contributed by atoms with Crippen molar-refractivity contribution in [1.29, 1.82) is 0 Å². The number of carbonyl (C=O) groups excluding carboxylic acids is 2. The van der Waals surface area contributed by atoms with Crippen LogP contribution in [0.25, 0.3) is 0 Å². The Labute approximate surface area is 129 Å². The quantitative estimate of drug-likeness (QED) is 0.639. The number of nitrogens with zero attached hydrogens (tertiary/aromatic N) is 4. The second-order valence-electron chi connectivity index (χ2n) is 5.04. The fourth-order valence-corrected chi connectivity index (χ4v) is 2.29. The fraction of sp³-hybridized carbons (Fsp3) is 0.231. The van der Waals surface area contributed by atoms with E-state index in [0.717, 1.165) is 0 Å². The third-order valence-electron chi connectivity index (χ3n) is 3.49. The molecule has 0 bridgehead atoms. The number of aryl methyl sites for hydroxylation is 1. The highest BCUT2D eigenvalue weighted by Gasteiger charge is 2.33. The van der Waals surface area contributed by atoms with Crippen molar-refractivity contribution in [3.63, 3.8) is 0 Å². The van der Waals surface area contributed by atoms with Gasteiger partial charge in [-0.15, -0.1) is 0 Å². The van der Waals surface area contributed by atoms with Crippen LogP contribution in [0.5, 0.6) is 0 Å². The van der Waals surface area contributed by atoms with Crippen molar-refractivity contribution in [1.82, 2.24) is 14.8 Å². The minimum atomic E-state index is -0.786. The summed E-state index contributed by atoms with van der Waals surface area (Å²) in [5, 5.41) is 19.8.